The average Bonchev–Trinajstić information content (AvgIpc) is 2.38. The van der Waals surface area contributed by atoms with Gasteiger partial charge >= 0.3 is 5.97 Å². The molecule has 2 aromatic rings. The van der Waals surface area contributed by atoms with Crippen LogP contribution in [0.2, 0.25) is 0 Å². The Kier molecular flexibility index (Phi) is 3.18. The molecular formula is C12H10FN3O2. The first-order chi connectivity index (χ1) is 8.58. The Morgan fingerprint density at radius 1 is 1.28 bits per heavy atom. The van der Waals surface area contributed by atoms with Gasteiger partial charge in [-0.3, -0.25) is 0 Å². The van der Waals surface area contributed by atoms with Crippen molar-refractivity contribution in [2.75, 3.05) is 11.9 Å². The van der Waals surface area contributed by atoms with Crippen molar-refractivity contribution in [1.82, 2.24) is 10.2 Å². The zero-order valence-electron chi connectivity index (χ0n) is 9.54. The van der Waals surface area contributed by atoms with Crippen molar-refractivity contribution in [3.8, 4) is 0 Å². The topological polar surface area (TPSA) is 66.3 Å². The molecule has 0 atom stereocenters. The normalized spacial score (nSPS) is 10.1. The molecule has 6 heteroatoms. The van der Waals surface area contributed by atoms with E-state index < -0.39 is 5.97 Å². The maximum absolute atomic E-state index is 13.1. The number of benzene rings is 1. The minimum absolute atomic E-state index is 0.133. The third kappa shape index (κ3) is 2.42. The van der Waals surface area contributed by atoms with Crippen molar-refractivity contribution in [1.29, 1.82) is 0 Å². The van der Waals surface area contributed by atoms with Crippen LogP contribution in [0.4, 0.5) is 15.9 Å². The number of carboxylic acids is 1. The second kappa shape index (κ2) is 4.79. The van der Waals surface area contributed by atoms with Crippen LogP contribution in [0.25, 0.3) is 0 Å². The summed E-state index contributed by atoms with van der Waals surface area (Å²) in [7, 11) is 1.69. The van der Waals surface area contributed by atoms with E-state index >= 15 is 0 Å². The van der Waals surface area contributed by atoms with E-state index in [0.29, 0.717) is 11.5 Å². The zero-order chi connectivity index (χ0) is 13.1. The van der Waals surface area contributed by atoms with Gasteiger partial charge in [-0.15, -0.1) is 10.2 Å². The smallest absolute Gasteiger partial charge is 0.356 e. The third-order valence-electron chi connectivity index (χ3n) is 2.41. The van der Waals surface area contributed by atoms with Crippen LogP contribution < -0.4 is 4.90 Å². The van der Waals surface area contributed by atoms with Crippen LogP contribution in [0.1, 0.15) is 10.5 Å². The van der Waals surface area contributed by atoms with Gasteiger partial charge in [-0.25, -0.2) is 9.18 Å². The van der Waals surface area contributed by atoms with Gasteiger partial charge in [-0.2, -0.15) is 0 Å². The van der Waals surface area contributed by atoms with Crippen molar-refractivity contribution < 1.29 is 14.3 Å². The summed E-state index contributed by atoms with van der Waals surface area (Å²) in [6.07, 6.45) is 0. The van der Waals surface area contributed by atoms with Gasteiger partial charge in [0.05, 0.1) is 0 Å². The summed E-state index contributed by atoms with van der Waals surface area (Å²) in [6.45, 7) is 0. The van der Waals surface area contributed by atoms with Crippen LogP contribution in [0.15, 0.2) is 36.4 Å². The molecular weight excluding hydrogens is 237 g/mol. The third-order valence-corrected chi connectivity index (χ3v) is 2.41. The largest absolute Gasteiger partial charge is 0.476 e. The number of halogens is 1. The fourth-order valence-corrected chi connectivity index (χ4v) is 1.44. The molecule has 18 heavy (non-hydrogen) atoms. The van der Waals surface area contributed by atoms with Crippen LogP contribution in [-0.2, 0) is 0 Å². The molecule has 0 unspecified atom stereocenters. The lowest BCUT2D eigenvalue weighted by molar-refractivity contribution is 0.0689. The Hall–Kier alpha value is -2.50. The lowest BCUT2D eigenvalue weighted by Gasteiger charge is -2.17. The zero-order valence-corrected chi connectivity index (χ0v) is 9.54. The van der Waals surface area contributed by atoms with Crippen LogP contribution in [0.3, 0.4) is 0 Å². The molecule has 2 rings (SSSR count). The number of aromatic carboxylic acids is 1. The quantitative estimate of drug-likeness (QED) is 0.899. The average molecular weight is 247 g/mol. The van der Waals surface area contributed by atoms with Gasteiger partial charge < -0.3 is 10.0 Å². The van der Waals surface area contributed by atoms with E-state index in [-0.39, 0.29) is 11.5 Å². The van der Waals surface area contributed by atoms with Crippen LogP contribution in [-0.4, -0.2) is 28.3 Å². The highest BCUT2D eigenvalue weighted by atomic mass is 19.1. The number of rotatable bonds is 3. The van der Waals surface area contributed by atoms with E-state index in [1.807, 2.05) is 0 Å². The number of hydrogen-bond donors (Lipinski definition) is 1. The molecule has 92 valence electrons. The summed E-state index contributed by atoms with van der Waals surface area (Å²) < 4.78 is 13.1. The van der Waals surface area contributed by atoms with Gasteiger partial charge in [-0.1, -0.05) is 6.07 Å². The number of anilines is 2. The van der Waals surface area contributed by atoms with Gasteiger partial charge in [0.1, 0.15) is 5.82 Å². The molecule has 1 aromatic heterocycles. The highest BCUT2D eigenvalue weighted by Crippen LogP contribution is 2.21. The van der Waals surface area contributed by atoms with E-state index in [9.17, 15) is 9.18 Å². The number of carbonyl (C=O) groups is 1. The van der Waals surface area contributed by atoms with Crippen LogP contribution in [0, 0.1) is 5.82 Å². The second-order valence-electron chi connectivity index (χ2n) is 3.62. The molecule has 0 spiro atoms. The highest BCUT2D eigenvalue weighted by molar-refractivity contribution is 5.85. The van der Waals surface area contributed by atoms with Crippen LogP contribution in [0.5, 0.6) is 0 Å². The lowest BCUT2D eigenvalue weighted by Crippen LogP contribution is -2.13. The standard InChI is InChI=1S/C12H10FN3O2/c1-16(9-4-2-3-8(13)7-9)11-6-5-10(12(17)18)14-15-11/h2-7H,1H3,(H,17,18). The molecule has 0 radical (unpaired) electrons. The van der Waals surface area contributed by atoms with Gasteiger partial charge in [0.2, 0.25) is 0 Å². The first-order valence-electron chi connectivity index (χ1n) is 5.14. The number of nitrogens with zero attached hydrogens (tertiary/aromatic N) is 3. The summed E-state index contributed by atoms with van der Waals surface area (Å²) in [5, 5.41) is 16.0. The molecule has 1 aromatic carbocycles. The summed E-state index contributed by atoms with van der Waals surface area (Å²) in [6, 6.07) is 8.86. The summed E-state index contributed by atoms with van der Waals surface area (Å²) >= 11 is 0. The Morgan fingerprint density at radius 2 is 2.06 bits per heavy atom. The monoisotopic (exact) mass is 247 g/mol. The molecule has 0 aliphatic carbocycles. The lowest BCUT2D eigenvalue weighted by atomic mass is 10.3. The van der Waals surface area contributed by atoms with E-state index in [4.69, 9.17) is 5.11 Å². The molecule has 5 nitrogen and oxygen atoms in total. The van der Waals surface area contributed by atoms with Gasteiger partial charge in [0.25, 0.3) is 0 Å². The number of carboxylic acid groups (broad SMARTS) is 1. The summed E-state index contributed by atoms with van der Waals surface area (Å²) in [4.78, 5) is 12.2. The minimum Gasteiger partial charge on any atom is -0.476 e. The van der Waals surface area contributed by atoms with Crippen LogP contribution >= 0.6 is 0 Å². The van der Waals surface area contributed by atoms with Crippen molar-refractivity contribution >= 4 is 17.5 Å². The van der Waals surface area contributed by atoms with Crippen molar-refractivity contribution in [2.24, 2.45) is 0 Å². The Bertz CT molecular complexity index is 572. The predicted molar refractivity (Wildman–Crippen MR) is 63.5 cm³/mol. The molecule has 0 aliphatic rings. The molecule has 0 amide bonds. The predicted octanol–water partition coefficient (Wildman–Crippen LogP) is 2.08. The first-order valence-corrected chi connectivity index (χ1v) is 5.14. The van der Waals surface area contributed by atoms with E-state index in [1.165, 1.54) is 24.3 Å². The van der Waals surface area contributed by atoms with Crippen molar-refractivity contribution in [3.63, 3.8) is 0 Å². The first kappa shape index (κ1) is 12.0. The Balaban J connectivity index is 2.28. The number of aromatic nitrogens is 2. The fraction of sp³-hybridized carbons (Fsp3) is 0.0833. The minimum atomic E-state index is -1.14. The molecule has 0 saturated carbocycles. The van der Waals surface area contributed by atoms with Gasteiger partial charge in [0, 0.05) is 12.7 Å². The molecule has 1 N–H and O–H groups in total. The van der Waals surface area contributed by atoms with E-state index in [0.717, 1.165) is 0 Å². The van der Waals surface area contributed by atoms with E-state index in [1.54, 1.807) is 24.1 Å². The maximum atomic E-state index is 13.1. The molecule has 0 saturated heterocycles. The maximum Gasteiger partial charge on any atom is 0.356 e. The fourth-order valence-electron chi connectivity index (χ4n) is 1.44. The number of hydrogen-bond acceptors (Lipinski definition) is 4. The molecule has 0 aliphatic heterocycles. The summed E-state index contributed by atoms with van der Waals surface area (Å²) in [5.41, 5.74) is 0.471. The Labute approximate surface area is 103 Å². The van der Waals surface area contributed by atoms with Crippen molar-refractivity contribution in [3.05, 3.63) is 47.9 Å². The molecule has 0 fully saturated rings. The highest BCUT2D eigenvalue weighted by Gasteiger charge is 2.09. The van der Waals surface area contributed by atoms with Gasteiger partial charge in [-0.05, 0) is 30.3 Å². The molecule has 1 heterocycles. The van der Waals surface area contributed by atoms with Gasteiger partial charge in [0.15, 0.2) is 11.5 Å². The SMILES string of the molecule is CN(c1cccc(F)c1)c1ccc(C(=O)O)nn1. The summed E-state index contributed by atoms with van der Waals surface area (Å²) in [5.74, 6) is -1.05. The second-order valence-corrected chi connectivity index (χ2v) is 3.62. The van der Waals surface area contributed by atoms with E-state index in [2.05, 4.69) is 10.2 Å². The molecule has 0 bridgehead atoms. The Morgan fingerprint density at radius 3 is 2.61 bits per heavy atom. The van der Waals surface area contributed by atoms with Crippen molar-refractivity contribution in [2.45, 2.75) is 0 Å².